The zero-order chi connectivity index (χ0) is 20.9. The maximum absolute atomic E-state index is 3.01. The summed E-state index contributed by atoms with van der Waals surface area (Å²) in [6.07, 6.45) is 10.1. The number of hydrogen-bond donors (Lipinski definition) is 0. The molecule has 0 N–H and O–H groups in total. The normalized spacial score (nSPS) is 42.0. The summed E-state index contributed by atoms with van der Waals surface area (Å²) in [5.74, 6) is 2.79. The lowest BCUT2D eigenvalue weighted by molar-refractivity contribution is -0.105. The molecule has 2 heterocycles. The first kappa shape index (κ1) is 18.7. The van der Waals surface area contributed by atoms with Gasteiger partial charge in [-0.1, -0.05) is 54.6 Å². The SMILES string of the molecule is c1ccc(CN2C[C@H]3C[C@@]45CCC2C3[C@@]42CCN(CC3CC3)[C@@H]5Cc3ccccc32)cc1. The number of piperidine rings is 1. The second kappa shape index (κ2) is 6.48. The van der Waals surface area contributed by atoms with Crippen molar-refractivity contribution in [3.05, 3.63) is 71.3 Å². The zero-order valence-electron chi connectivity index (χ0n) is 19.3. The number of fused-ring (bicyclic) bond motifs is 1. The van der Waals surface area contributed by atoms with E-state index in [4.69, 9.17) is 0 Å². The molecule has 0 radical (unpaired) electrons. The lowest BCUT2D eigenvalue weighted by Gasteiger charge is -2.66. The molecule has 2 heteroatoms. The Bertz CT molecular complexity index is 1040. The first-order valence-corrected chi connectivity index (χ1v) is 13.4. The molecule has 2 aromatic rings. The molecule has 4 aliphatic carbocycles. The summed E-state index contributed by atoms with van der Waals surface area (Å²) < 4.78 is 0. The van der Waals surface area contributed by atoms with Crippen LogP contribution in [-0.2, 0) is 18.4 Å². The van der Waals surface area contributed by atoms with Gasteiger partial charge in [-0.3, -0.25) is 9.80 Å². The summed E-state index contributed by atoms with van der Waals surface area (Å²) in [5.41, 5.74) is 6.01. The molecule has 166 valence electrons. The molecule has 0 spiro atoms. The lowest BCUT2D eigenvalue weighted by atomic mass is 9.43. The van der Waals surface area contributed by atoms with Gasteiger partial charge < -0.3 is 0 Å². The number of rotatable bonds is 4. The molecule has 2 saturated heterocycles. The highest BCUT2D eigenvalue weighted by Gasteiger charge is 2.75. The predicted octanol–water partition coefficient (Wildman–Crippen LogP) is 5.27. The van der Waals surface area contributed by atoms with Gasteiger partial charge in [0.1, 0.15) is 0 Å². The van der Waals surface area contributed by atoms with E-state index in [0.717, 1.165) is 36.4 Å². The summed E-state index contributed by atoms with van der Waals surface area (Å²) in [6, 6.07) is 22.6. The first-order chi connectivity index (χ1) is 15.8. The Labute approximate surface area is 193 Å². The average Bonchev–Trinajstić information content (AvgIpc) is 3.53. The second-order valence-corrected chi connectivity index (χ2v) is 12.2. The number of hydrogen-bond acceptors (Lipinski definition) is 2. The van der Waals surface area contributed by atoms with Crippen LogP contribution in [0.2, 0.25) is 0 Å². The van der Waals surface area contributed by atoms with E-state index in [-0.39, 0.29) is 0 Å². The van der Waals surface area contributed by atoms with E-state index in [1.54, 1.807) is 11.1 Å². The van der Waals surface area contributed by atoms with Gasteiger partial charge in [-0.05, 0) is 91.3 Å². The molecule has 2 nitrogen and oxygen atoms in total. The maximum Gasteiger partial charge on any atom is 0.0236 e. The van der Waals surface area contributed by atoms with Gasteiger partial charge in [-0.2, -0.15) is 0 Å². The topological polar surface area (TPSA) is 6.48 Å². The Morgan fingerprint density at radius 2 is 1.72 bits per heavy atom. The van der Waals surface area contributed by atoms with E-state index in [1.807, 2.05) is 0 Å². The molecule has 8 rings (SSSR count). The third kappa shape index (κ3) is 2.29. The molecule has 32 heavy (non-hydrogen) atoms. The Kier molecular flexibility index (Phi) is 3.80. The third-order valence-corrected chi connectivity index (χ3v) is 11.0. The van der Waals surface area contributed by atoms with Crippen LogP contribution < -0.4 is 0 Å². The second-order valence-electron chi connectivity index (χ2n) is 12.2. The fourth-order valence-corrected chi connectivity index (χ4v) is 10.0. The van der Waals surface area contributed by atoms with Gasteiger partial charge in [-0.15, -0.1) is 0 Å². The van der Waals surface area contributed by atoms with Crippen molar-refractivity contribution in [1.29, 1.82) is 0 Å². The van der Waals surface area contributed by atoms with E-state index in [2.05, 4.69) is 64.4 Å². The largest absolute Gasteiger partial charge is 0.299 e. The highest BCUT2D eigenvalue weighted by molar-refractivity contribution is 5.48. The van der Waals surface area contributed by atoms with Crippen LogP contribution in [0, 0.1) is 23.2 Å². The molecule has 0 aromatic heterocycles. The summed E-state index contributed by atoms with van der Waals surface area (Å²) in [5, 5.41) is 0. The molecule has 6 atom stereocenters. The Hall–Kier alpha value is -1.64. The van der Waals surface area contributed by atoms with E-state index in [0.29, 0.717) is 10.8 Å². The number of benzene rings is 2. The van der Waals surface area contributed by atoms with Crippen molar-refractivity contribution < 1.29 is 0 Å². The maximum atomic E-state index is 3.01. The number of likely N-dealkylation sites (tertiary alicyclic amines) is 2. The Balaban J connectivity index is 1.23. The van der Waals surface area contributed by atoms with Gasteiger partial charge in [-0.25, -0.2) is 0 Å². The van der Waals surface area contributed by atoms with Crippen LogP contribution in [-0.4, -0.2) is 41.5 Å². The molecular formula is C30H36N2. The summed E-state index contributed by atoms with van der Waals surface area (Å²) in [6.45, 7) is 5.24. The predicted molar refractivity (Wildman–Crippen MR) is 128 cm³/mol. The minimum atomic E-state index is 0.450. The summed E-state index contributed by atoms with van der Waals surface area (Å²) in [4.78, 5) is 5.92. The molecule has 6 aliphatic rings. The Morgan fingerprint density at radius 3 is 2.59 bits per heavy atom. The molecule has 5 fully saturated rings. The van der Waals surface area contributed by atoms with Crippen molar-refractivity contribution in [2.45, 2.75) is 69.0 Å². The van der Waals surface area contributed by atoms with E-state index in [1.165, 1.54) is 70.1 Å². The average molecular weight is 425 g/mol. The summed E-state index contributed by atoms with van der Waals surface area (Å²) in [7, 11) is 0. The summed E-state index contributed by atoms with van der Waals surface area (Å²) >= 11 is 0. The van der Waals surface area contributed by atoms with Crippen LogP contribution in [0.15, 0.2) is 54.6 Å². The fourth-order valence-electron chi connectivity index (χ4n) is 10.0. The lowest BCUT2D eigenvalue weighted by Crippen LogP contribution is -2.69. The van der Waals surface area contributed by atoms with Crippen molar-refractivity contribution >= 4 is 0 Å². The van der Waals surface area contributed by atoms with E-state index in [9.17, 15) is 0 Å². The molecule has 2 unspecified atom stereocenters. The Morgan fingerprint density at radius 1 is 0.875 bits per heavy atom. The van der Waals surface area contributed by atoms with Crippen molar-refractivity contribution in [3.63, 3.8) is 0 Å². The van der Waals surface area contributed by atoms with Gasteiger partial charge in [0.05, 0.1) is 0 Å². The third-order valence-electron chi connectivity index (χ3n) is 11.0. The highest BCUT2D eigenvalue weighted by Crippen LogP contribution is 2.75. The van der Waals surface area contributed by atoms with Gasteiger partial charge in [0.25, 0.3) is 0 Å². The van der Waals surface area contributed by atoms with Crippen molar-refractivity contribution in [2.75, 3.05) is 19.6 Å². The van der Waals surface area contributed by atoms with Gasteiger partial charge >= 0.3 is 0 Å². The molecule has 4 bridgehead atoms. The van der Waals surface area contributed by atoms with Crippen LogP contribution in [0.5, 0.6) is 0 Å². The standard InChI is InChI=1S/C30H36N2/c1-2-6-21(7-3-1)19-32-20-24-17-29-13-12-26(32)28(24)30(29)14-15-31(18-22-10-11-22)27(29)16-23-8-4-5-9-25(23)30/h1-9,22,24,26-28H,10-20H2/t24-,26?,27-,28?,29-,30+/m1/s1. The van der Waals surface area contributed by atoms with E-state index < -0.39 is 0 Å². The molecular weight excluding hydrogens is 388 g/mol. The van der Waals surface area contributed by atoms with Crippen molar-refractivity contribution in [2.24, 2.45) is 23.2 Å². The van der Waals surface area contributed by atoms with Crippen LogP contribution in [0.1, 0.15) is 55.2 Å². The smallest absolute Gasteiger partial charge is 0.0236 e. The minimum absolute atomic E-state index is 0.450. The highest BCUT2D eigenvalue weighted by atomic mass is 15.2. The number of nitrogens with zero attached hydrogens (tertiary/aromatic N) is 2. The van der Waals surface area contributed by atoms with Gasteiger partial charge in [0, 0.05) is 37.1 Å². The van der Waals surface area contributed by atoms with Crippen LogP contribution in [0.4, 0.5) is 0 Å². The molecule has 2 aromatic carbocycles. The molecule has 3 saturated carbocycles. The van der Waals surface area contributed by atoms with Crippen molar-refractivity contribution in [3.8, 4) is 0 Å². The quantitative estimate of drug-likeness (QED) is 0.660. The van der Waals surface area contributed by atoms with Crippen LogP contribution in [0.25, 0.3) is 0 Å². The zero-order valence-corrected chi connectivity index (χ0v) is 19.3. The van der Waals surface area contributed by atoms with Gasteiger partial charge in [0.15, 0.2) is 0 Å². The monoisotopic (exact) mass is 424 g/mol. The molecule has 0 amide bonds. The first-order valence-electron chi connectivity index (χ1n) is 13.4. The van der Waals surface area contributed by atoms with Crippen LogP contribution >= 0.6 is 0 Å². The van der Waals surface area contributed by atoms with Crippen LogP contribution in [0.3, 0.4) is 0 Å². The van der Waals surface area contributed by atoms with Crippen molar-refractivity contribution in [1.82, 2.24) is 9.80 Å². The van der Waals surface area contributed by atoms with Gasteiger partial charge in [0.2, 0.25) is 0 Å². The van der Waals surface area contributed by atoms with E-state index >= 15 is 0 Å². The minimum Gasteiger partial charge on any atom is -0.299 e. The fraction of sp³-hybridized carbons (Fsp3) is 0.600. The molecule has 2 aliphatic heterocycles.